The first kappa shape index (κ1) is 17.0. The lowest BCUT2D eigenvalue weighted by molar-refractivity contribution is 0.571. The molecule has 6 heteroatoms. The summed E-state index contributed by atoms with van der Waals surface area (Å²) in [5.41, 5.74) is 5.24. The van der Waals surface area contributed by atoms with E-state index >= 15 is 0 Å². The largest absolute Gasteiger partial charge is 0.354 e. The molecule has 2 aromatic rings. The molecule has 2 aliphatic heterocycles. The maximum Gasteiger partial charge on any atom is 0.227 e. The molecule has 0 radical (unpaired) electrons. The molecule has 0 amide bonds. The molecule has 1 aromatic heterocycles. The SMILES string of the molecule is c1ccc2c(c1)CCCc1c-2nc(N2CCNCC2)nc1N1CCNCC1. The van der Waals surface area contributed by atoms with Crippen LogP contribution in [0.5, 0.6) is 0 Å². The van der Waals surface area contributed by atoms with Gasteiger partial charge in [-0.2, -0.15) is 4.98 Å². The molecular formula is C21H28N6. The summed E-state index contributed by atoms with van der Waals surface area (Å²) in [5.74, 6) is 2.08. The molecule has 3 aliphatic rings. The monoisotopic (exact) mass is 364 g/mol. The number of hydrogen-bond acceptors (Lipinski definition) is 6. The molecule has 0 unspecified atom stereocenters. The van der Waals surface area contributed by atoms with Crippen molar-refractivity contribution in [3.63, 3.8) is 0 Å². The maximum absolute atomic E-state index is 5.14. The van der Waals surface area contributed by atoms with Crippen molar-refractivity contribution < 1.29 is 0 Å². The number of rotatable bonds is 2. The molecule has 2 fully saturated rings. The highest BCUT2D eigenvalue weighted by molar-refractivity contribution is 5.74. The van der Waals surface area contributed by atoms with Crippen LogP contribution in [0.4, 0.5) is 11.8 Å². The van der Waals surface area contributed by atoms with Gasteiger partial charge in [0.05, 0.1) is 5.69 Å². The summed E-state index contributed by atoms with van der Waals surface area (Å²) in [4.78, 5) is 15.1. The highest BCUT2D eigenvalue weighted by atomic mass is 15.3. The first-order valence-corrected chi connectivity index (χ1v) is 10.3. The van der Waals surface area contributed by atoms with Crippen molar-refractivity contribution in [2.75, 3.05) is 62.2 Å². The van der Waals surface area contributed by atoms with Gasteiger partial charge in [0, 0.05) is 63.5 Å². The standard InChI is InChI=1S/C21H28N6/c1-2-6-17-16(4-1)5-3-7-18-19(17)24-21(27-14-10-23-11-15-27)25-20(18)26-12-8-22-9-13-26/h1-2,4,6,22-23H,3,5,7-15H2. The Morgan fingerprint density at radius 1 is 0.778 bits per heavy atom. The Kier molecular flexibility index (Phi) is 4.67. The fourth-order valence-electron chi connectivity index (χ4n) is 4.48. The van der Waals surface area contributed by atoms with Crippen LogP contribution in [0.15, 0.2) is 24.3 Å². The van der Waals surface area contributed by atoms with Crippen LogP contribution in [0, 0.1) is 0 Å². The second-order valence-electron chi connectivity index (χ2n) is 7.66. The van der Waals surface area contributed by atoms with Crippen LogP contribution >= 0.6 is 0 Å². The number of piperazine rings is 2. The number of fused-ring (bicyclic) bond motifs is 3. The molecule has 2 saturated heterocycles. The van der Waals surface area contributed by atoms with E-state index in [1.54, 1.807) is 0 Å². The fraction of sp³-hybridized carbons (Fsp3) is 0.524. The average Bonchev–Trinajstić information content (AvgIpc) is 2.94. The van der Waals surface area contributed by atoms with Crippen LogP contribution in [-0.4, -0.2) is 62.3 Å². The molecule has 0 atom stereocenters. The summed E-state index contributed by atoms with van der Waals surface area (Å²) in [7, 11) is 0. The lowest BCUT2D eigenvalue weighted by Crippen LogP contribution is -2.46. The normalized spacial score (nSPS) is 20.0. The molecule has 5 rings (SSSR count). The first-order chi connectivity index (χ1) is 13.4. The molecular weight excluding hydrogens is 336 g/mol. The molecule has 142 valence electrons. The van der Waals surface area contributed by atoms with E-state index in [-0.39, 0.29) is 0 Å². The Bertz CT molecular complexity index is 808. The molecule has 3 heterocycles. The third kappa shape index (κ3) is 3.28. The van der Waals surface area contributed by atoms with Gasteiger partial charge in [-0.15, -0.1) is 0 Å². The minimum Gasteiger partial charge on any atom is -0.354 e. The third-order valence-corrected chi connectivity index (χ3v) is 5.94. The predicted molar refractivity (Wildman–Crippen MR) is 110 cm³/mol. The molecule has 27 heavy (non-hydrogen) atoms. The van der Waals surface area contributed by atoms with Gasteiger partial charge in [0.25, 0.3) is 0 Å². The highest BCUT2D eigenvalue weighted by Gasteiger charge is 2.26. The molecule has 0 saturated carbocycles. The van der Waals surface area contributed by atoms with Crippen LogP contribution in [0.25, 0.3) is 11.3 Å². The third-order valence-electron chi connectivity index (χ3n) is 5.94. The van der Waals surface area contributed by atoms with Gasteiger partial charge in [-0.3, -0.25) is 0 Å². The second kappa shape index (κ2) is 7.44. The van der Waals surface area contributed by atoms with E-state index in [2.05, 4.69) is 44.7 Å². The van der Waals surface area contributed by atoms with Crippen molar-refractivity contribution in [2.45, 2.75) is 19.3 Å². The van der Waals surface area contributed by atoms with Crippen molar-refractivity contribution in [3.8, 4) is 11.3 Å². The van der Waals surface area contributed by atoms with Gasteiger partial charge >= 0.3 is 0 Å². The van der Waals surface area contributed by atoms with Crippen LogP contribution in [-0.2, 0) is 12.8 Å². The Morgan fingerprint density at radius 2 is 1.48 bits per heavy atom. The Balaban J connectivity index is 1.66. The summed E-state index contributed by atoms with van der Waals surface area (Å²) in [6.45, 7) is 8.04. The van der Waals surface area contributed by atoms with Crippen molar-refractivity contribution in [3.05, 3.63) is 35.4 Å². The van der Waals surface area contributed by atoms with E-state index in [9.17, 15) is 0 Å². The van der Waals surface area contributed by atoms with E-state index in [1.807, 2.05) is 0 Å². The molecule has 0 spiro atoms. The Labute approximate surface area is 161 Å². The van der Waals surface area contributed by atoms with Gasteiger partial charge in [0.1, 0.15) is 5.82 Å². The van der Waals surface area contributed by atoms with E-state index < -0.39 is 0 Å². The number of hydrogen-bond donors (Lipinski definition) is 2. The summed E-state index contributed by atoms with van der Waals surface area (Å²) < 4.78 is 0. The van der Waals surface area contributed by atoms with Crippen LogP contribution < -0.4 is 20.4 Å². The lowest BCUT2D eigenvalue weighted by atomic mass is 10.0. The zero-order valence-electron chi connectivity index (χ0n) is 15.9. The van der Waals surface area contributed by atoms with Crippen molar-refractivity contribution in [1.82, 2.24) is 20.6 Å². The number of aryl methyl sites for hydroxylation is 1. The van der Waals surface area contributed by atoms with Crippen molar-refractivity contribution >= 4 is 11.8 Å². The van der Waals surface area contributed by atoms with E-state index in [4.69, 9.17) is 9.97 Å². The summed E-state index contributed by atoms with van der Waals surface area (Å²) in [5, 5.41) is 6.90. The van der Waals surface area contributed by atoms with E-state index in [0.29, 0.717) is 0 Å². The summed E-state index contributed by atoms with van der Waals surface area (Å²) >= 11 is 0. The molecule has 1 aliphatic carbocycles. The Morgan fingerprint density at radius 3 is 2.26 bits per heavy atom. The second-order valence-corrected chi connectivity index (χ2v) is 7.66. The quantitative estimate of drug-likeness (QED) is 0.841. The lowest BCUT2D eigenvalue weighted by Gasteiger charge is -2.33. The summed E-state index contributed by atoms with van der Waals surface area (Å²) in [6.07, 6.45) is 3.35. The molecule has 2 N–H and O–H groups in total. The van der Waals surface area contributed by atoms with E-state index in [0.717, 1.165) is 71.1 Å². The summed E-state index contributed by atoms with van der Waals surface area (Å²) in [6, 6.07) is 8.81. The minimum absolute atomic E-state index is 0.903. The fourth-order valence-corrected chi connectivity index (χ4v) is 4.48. The number of nitrogens with one attached hydrogen (secondary N) is 2. The van der Waals surface area contributed by atoms with E-state index in [1.165, 1.54) is 34.6 Å². The van der Waals surface area contributed by atoms with Gasteiger partial charge in [0.15, 0.2) is 0 Å². The van der Waals surface area contributed by atoms with Crippen molar-refractivity contribution in [1.29, 1.82) is 0 Å². The molecule has 6 nitrogen and oxygen atoms in total. The zero-order valence-corrected chi connectivity index (χ0v) is 15.9. The van der Waals surface area contributed by atoms with Gasteiger partial charge < -0.3 is 20.4 Å². The number of nitrogens with zero attached hydrogens (tertiary/aromatic N) is 4. The first-order valence-electron chi connectivity index (χ1n) is 10.3. The number of benzene rings is 1. The molecule has 0 bridgehead atoms. The van der Waals surface area contributed by atoms with Crippen LogP contribution in [0.1, 0.15) is 17.5 Å². The number of aromatic nitrogens is 2. The zero-order chi connectivity index (χ0) is 18.1. The Hall–Kier alpha value is -2.18. The predicted octanol–water partition coefficient (Wildman–Crippen LogP) is 1.45. The van der Waals surface area contributed by atoms with Gasteiger partial charge in [-0.25, -0.2) is 4.98 Å². The highest BCUT2D eigenvalue weighted by Crippen LogP contribution is 2.37. The topological polar surface area (TPSA) is 56.3 Å². The maximum atomic E-state index is 5.14. The smallest absolute Gasteiger partial charge is 0.227 e. The van der Waals surface area contributed by atoms with Crippen LogP contribution in [0.3, 0.4) is 0 Å². The van der Waals surface area contributed by atoms with Gasteiger partial charge in [-0.1, -0.05) is 24.3 Å². The van der Waals surface area contributed by atoms with Crippen molar-refractivity contribution in [2.24, 2.45) is 0 Å². The minimum atomic E-state index is 0.903. The van der Waals surface area contributed by atoms with Crippen LogP contribution in [0.2, 0.25) is 0 Å². The number of anilines is 2. The van der Waals surface area contributed by atoms with Gasteiger partial charge in [0.2, 0.25) is 5.95 Å². The average molecular weight is 364 g/mol. The molecule has 1 aromatic carbocycles. The van der Waals surface area contributed by atoms with Gasteiger partial charge in [-0.05, 0) is 24.8 Å².